The van der Waals surface area contributed by atoms with E-state index in [9.17, 15) is 22.4 Å². The van der Waals surface area contributed by atoms with Gasteiger partial charge in [0.1, 0.15) is 5.75 Å². The summed E-state index contributed by atoms with van der Waals surface area (Å²) in [7, 11) is 0.969. The van der Waals surface area contributed by atoms with Gasteiger partial charge < -0.3 is 9.47 Å². The SMILES string of the molecule is COC(=O)c1nc(F)cc(OC(F)(F)F)c1CCl. The van der Waals surface area contributed by atoms with E-state index >= 15 is 0 Å². The third kappa shape index (κ3) is 3.46. The average Bonchev–Trinajstić information content (AvgIpc) is 2.25. The van der Waals surface area contributed by atoms with Crippen LogP contribution in [0.25, 0.3) is 0 Å². The van der Waals surface area contributed by atoms with Crippen LogP contribution >= 0.6 is 11.6 Å². The van der Waals surface area contributed by atoms with Crippen molar-refractivity contribution in [1.29, 1.82) is 0 Å². The highest BCUT2D eigenvalue weighted by molar-refractivity contribution is 6.17. The second kappa shape index (κ2) is 5.38. The Balaban J connectivity index is 3.33. The highest BCUT2D eigenvalue weighted by Gasteiger charge is 2.33. The summed E-state index contributed by atoms with van der Waals surface area (Å²) in [5.74, 6) is -3.88. The highest BCUT2D eigenvalue weighted by atomic mass is 35.5. The quantitative estimate of drug-likeness (QED) is 0.371. The third-order valence-corrected chi connectivity index (χ3v) is 2.06. The van der Waals surface area contributed by atoms with Gasteiger partial charge in [0, 0.05) is 11.6 Å². The molecule has 0 aliphatic carbocycles. The first-order valence-electron chi connectivity index (χ1n) is 4.38. The molecule has 100 valence electrons. The zero-order valence-electron chi connectivity index (χ0n) is 8.85. The molecule has 0 atom stereocenters. The third-order valence-electron chi connectivity index (χ3n) is 1.79. The molecule has 4 nitrogen and oxygen atoms in total. The fraction of sp³-hybridized carbons (Fsp3) is 0.333. The maximum atomic E-state index is 13.0. The van der Waals surface area contributed by atoms with E-state index < -0.39 is 41.2 Å². The van der Waals surface area contributed by atoms with Crippen LogP contribution in [-0.4, -0.2) is 24.4 Å². The number of carbonyl (C=O) groups is 1. The lowest BCUT2D eigenvalue weighted by Crippen LogP contribution is -2.20. The standard InChI is InChI=1S/C9H6ClF4NO3/c1-17-8(16)7-4(3-10)5(2-6(11)15-7)18-9(12,13)14/h2H,3H2,1H3. The maximum absolute atomic E-state index is 13.0. The summed E-state index contributed by atoms with van der Waals surface area (Å²) in [5.41, 5.74) is -1.06. The van der Waals surface area contributed by atoms with Gasteiger partial charge in [-0.2, -0.15) is 4.39 Å². The van der Waals surface area contributed by atoms with Gasteiger partial charge in [0.15, 0.2) is 5.69 Å². The van der Waals surface area contributed by atoms with Crippen molar-refractivity contribution in [3.63, 3.8) is 0 Å². The molecule has 18 heavy (non-hydrogen) atoms. The number of carbonyl (C=O) groups excluding carboxylic acids is 1. The lowest BCUT2D eigenvalue weighted by Gasteiger charge is -2.13. The number of alkyl halides is 4. The molecule has 9 heteroatoms. The van der Waals surface area contributed by atoms with E-state index in [2.05, 4.69) is 14.5 Å². The Morgan fingerprint density at radius 3 is 2.56 bits per heavy atom. The van der Waals surface area contributed by atoms with Crippen molar-refractivity contribution in [1.82, 2.24) is 4.98 Å². The van der Waals surface area contributed by atoms with Crippen LogP contribution in [-0.2, 0) is 10.6 Å². The normalized spacial score (nSPS) is 11.2. The number of pyridine rings is 1. The molecule has 1 aromatic heterocycles. The number of ether oxygens (including phenoxy) is 2. The van der Waals surface area contributed by atoms with Gasteiger partial charge in [0.25, 0.3) is 0 Å². The zero-order valence-corrected chi connectivity index (χ0v) is 9.60. The van der Waals surface area contributed by atoms with Gasteiger partial charge in [0.2, 0.25) is 5.95 Å². The first kappa shape index (κ1) is 14.5. The second-order valence-electron chi connectivity index (χ2n) is 2.94. The predicted molar refractivity (Wildman–Crippen MR) is 51.8 cm³/mol. The van der Waals surface area contributed by atoms with Crippen LogP contribution in [0.3, 0.4) is 0 Å². The number of esters is 1. The number of nitrogens with zero attached hydrogens (tertiary/aromatic N) is 1. The smallest absolute Gasteiger partial charge is 0.464 e. The molecule has 0 unspecified atom stereocenters. The summed E-state index contributed by atoms with van der Waals surface area (Å²) in [6.07, 6.45) is -5.04. The molecule has 0 N–H and O–H groups in total. The number of methoxy groups -OCH3 is 1. The minimum absolute atomic E-state index is 0.387. The Morgan fingerprint density at radius 2 is 2.11 bits per heavy atom. The van der Waals surface area contributed by atoms with E-state index in [1.54, 1.807) is 0 Å². The van der Waals surface area contributed by atoms with Crippen LogP contribution in [0.2, 0.25) is 0 Å². The average molecular weight is 288 g/mol. The predicted octanol–water partition coefficient (Wildman–Crippen LogP) is 2.64. The summed E-state index contributed by atoms with van der Waals surface area (Å²) in [6.45, 7) is 0. The second-order valence-corrected chi connectivity index (χ2v) is 3.21. The molecule has 0 aliphatic rings. The molecule has 0 saturated heterocycles. The van der Waals surface area contributed by atoms with E-state index in [-0.39, 0.29) is 0 Å². The molecular weight excluding hydrogens is 282 g/mol. The fourth-order valence-corrected chi connectivity index (χ4v) is 1.39. The van der Waals surface area contributed by atoms with Gasteiger partial charge in [-0.15, -0.1) is 24.8 Å². The molecule has 0 aliphatic heterocycles. The van der Waals surface area contributed by atoms with Crippen LogP contribution in [0, 0.1) is 5.95 Å². The molecular formula is C9H6ClF4NO3. The molecule has 1 heterocycles. The van der Waals surface area contributed by atoms with Gasteiger partial charge in [-0.25, -0.2) is 9.78 Å². The monoisotopic (exact) mass is 287 g/mol. The first-order valence-corrected chi connectivity index (χ1v) is 4.91. The minimum atomic E-state index is -5.04. The topological polar surface area (TPSA) is 48.4 Å². The van der Waals surface area contributed by atoms with Crippen molar-refractivity contribution in [3.05, 3.63) is 23.3 Å². The molecule has 0 amide bonds. The summed E-state index contributed by atoms with van der Waals surface area (Å²) in [5, 5.41) is 0. The van der Waals surface area contributed by atoms with Crippen molar-refractivity contribution in [2.75, 3.05) is 7.11 Å². The first-order chi connectivity index (χ1) is 8.28. The van der Waals surface area contributed by atoms with E-state index in [1.807, 2.05) is 0 Å². The number of aromatic nitrogens is 1. The Hall–Kier alpha value is -1.57. The van der Waals surface area contributed by atoms with Crippen molar-refractivity contribution in [2.45, 2.75) is 12.2 Å². The summed E-state index contributed by atoms with van der Waals surface area (Å²) in [6, 6.07) is 0.387. The van der Waals surface area contributed by atoms with E-state index in [0.29, 0.717) is 6.07 Å². The molecule has 1 aromatic rings. The molecule has 0 radical (unpaired) electrons. The molecule has 0 saturated carbocycles. The van der Waals surface area contributed by atoms with E-state index in [4.69, 9.17) is 11.6 Å². The molecule has 0 aromatic carbocycles. The van der Waals surface area contributed by atoms with E-state index in [0.717, 1.165) is 7.11 Å². The largest absolute Gasteiger partial charge is 0.573 e. The fourth-order valence-electron chi connectivity index (χ4n) is 1.13. The summed E-state index contributed by atoms with van der Waals surface area (Å²) >= 11 is 5.40. The van der Waals surface area contributed by atoms with Crippen molar-refractivity contribution >= 4 is 17.6 Å². The molecule has 0 fully saturated rings. The Labute approximate surface area is 103 Å². The lowest BCUT2D eigenvalue weighted by molar-refractivity contribution is -0.275. The highest BCUT2D eigenvalue weighted by Crippen LogP contribution is 2.30. The van der Waals surface area contributed by atoms with Crippen LogP contribution < -0.4 is 4.74 Å². The summed E-state index contributed by atoms with van der Waals surface area (Å²) in [4.78, 5) is 14.3. The maximum Gasteiger partial charge on any atom is 0.573 e. The van der Waals surface area contributed by atoms with Crippen LogP contribution in [0.4, 0.5) is 17.6 Å². The van der Waals surface area contributed by atoms with Crippen molar-refractivity contribution in [3.8, 4) is 5.75 Å². The minimum Gasteiger partial charge on any atom is -0.464 e. The van der Waals surface area contributed by atoms with Gasteiger partial charge in [-0.1, -0.05) is 0 Å². The van der Waals surface area contributed by atoms with Gasteiger partial charge in [-0.05, 0) is 0 Å². The van der Waals surface area contributed by atoms with Crippen LogP contribution in [0.5, 0.6) is 5.75 Å². The van der Waals surface area contributed by atoms with E-state index in [1.165, 1.54) is 0 Å². The number of rotatable bonds is 3. The Kier molecular flexibility index (Phi) is 4.33. The van der Waals surface area contributed by atoms with Crippen LogP contribution in [0.15, 0.2) is 6.07 Å². The zero-order chi connectivity index (χ0) is 13.9. The number of hydrogen-bond acceptors (Lipinski definition) is 4. The lowest BCUT2D eigenvalue weighted by atomic mass is 10.2. The van der Waals surface area contributed by atoms with Crippen molar-refractivity contribution in [2.24, 2.45) is 0 Å². The summed E-state index contributed by atoms with van der Waals surface area (Å²) < 4.78 is 57.1. The van der Waals surface area contributed by atoms with Crippen molar-refractivity contribution < 1.29 is 31.8 Å². The van der Waals surface area contributed by atoms with Gasteiger partial charge >= 0.3 is 12.3 Å². The number of halogens is 5. The van der Waals surface area contributed by atoms with Gasteiger partial charge in [0.05, 0.1) is 13.0 Å². The Morgan fingerprint density at radius 1 is 1.50 bits per heavy atom. The molecule has 1 rings (SSSR count). The van der Waals surface area contributed by atoms with Gasteiger partial charge in [-0.3, -0.25) is 0 Å². The Bertz CT molecular complexity index is 464. The molecule has 0 bridgehead atoms. The van der Waals surface area contributed by atoms with Crippen LogP contribution in [0.1, 0.15) is 16.1 Å². The molecule has 0 spiro atoms. The number of hydrogen-bond donors (Lipinski definition) is 0.